The van der Waals surface area contributed by atoms with E-state index in [-0.39, 0.29) is 21.3 Å². The number of nitrogens with one attached hydrogen (secondary N) is 1. The summed E-state index contributed by atoms with van der Waals surface area (Å²) >= 11 is 9.30. The summed E-state index contributed by atoms with van der Waals surface area (Å²) in [6, 6.07) is 11.6. The minimum absolute atomic E-state index is 0.00797. The summed E-state index contributed by atoms with van der Waals surface area (Å²) in [6.45, 7) is -0.395. The largest absolute Gasteiger partial charge is 0.711 e. The Hall–Kier alpha value is -2.69. The molecule has 0 fully saturated rings. The highest BCUT2D eigenvalue weighted by Gasteiger charge is 2.21. The van der Waals surface area contributed by atoms with Crippen LogP contribution in [-0.2, 0) is 21.4 Å². The SMILES string of the molecule is O=C(OCc1nccc[n+]1[O-])c1cc(S(=O)(=O)Nc2ccc(Br)cc2)ccc1Cl. The molecule has 1 aromatic heterocycles. The van der Waals surface area contributed by atoms with E-state index in [0.29, 0.717) is 10.4 Å². The van der Waals surface area contributed by atoms with E-state index in [9.17, 15) is 18.4 Å². The van der Waals surface area contributed by atoms with Gasteiger partial charge in [0, 0.05) is 16.2 Å². The van der Waals surface area contributed by atoms with Gasteiger partial charge in [-0.1, -0.05) is 27.5 Å². The Labute approximate surface area is 179 Å². The normalized spacial score (nSPS) is 11.1. The highest BCUT2D eigenvalue weighted by Crippen LogP contribution is 2.24. The van der Waals surface area contributed by atoms with Gasteiger partial charge in [0.1, 0.15) is 6.20 Å². The van der Waals surface area contributed by atoms with Gasteiger partial charge in [-0.25, -0.2) is 17.9 Å². The maximum atomic E-state index is 12.6. The molecule has 0 saturated carbocycles. The monoisotopic (exact) mass is 497 g/mol. The summed E-state index contributed by atoms with van der Waals surface area (Å²) in [4.78, 5) is 16.0. The zero-order chi connectivity index (χ0) is 21.0. The molecule has 2 aromatic carbocycles. The molecule has 29 heavy (non-hydrogen) atoms. The average molecular weight is 499 g/mol. The van der Waals surface area contributed by atoms with Gasteiger partial charge in [0.25, 0.3) is 10.0 Å². The molecular formula is C18H13BrClN3O5S. The van der Waals surface area contributed by atoms with Gasteiger partial charge in [0.15, 0.2) is 6.61 Å². The van der Waals surface area contributed by atoms with Gasteiger partial charge in [-0.15, -0.1) is 0 Å². The number of nitrogens with zero attached hydrogens (tertiary/aromatic N) is 2. The van der Waals surface area contributed by atoms with Crippen LogP contribution in [0, 0.1) is 5.21 Å². The molecule has 0 spiro atoms. The van der Waals surface area contributed by atoms with Gasteiger partial charge in [-0.05, 0) is 47.4 Å². The van der Waals surface area contributed by atoms with Gasteiger partial charge in [-0.3, -0.25) is 4.72 Å². The van der Waals surface area contributed by atoms with Gasteiger partial charge < -0.3 is 9.94 Å². The second kappa shape index (κ2) is 8.76. The Bertz CT molecular complexity index is 1160. The molecule has 0 radical (unpaired) electrons. The van der Waals surface area contributed by atoms with Crippen LogP contribution in [0.5, 0.6) is 0 Å². The third kappa shape index (κ3) is 5.22. The number of anilines is 1. The van der Waals surface area contributed by atoms with Crippen LogP contribution in [0.3, 0.4) is 0 Å². The van der Waals surface area contributed by atoms with E-state index < -0.39 is 22.6 Å². The smallest absolute Gasteiger partial charge is 0.340 e. The lowest BCUT2D eigenvalue weighted by atomic mass is 10.2. The predicted octanol–water partition coefficient (Wildman–Crippen LogP) is 3.29. The zero-order valence-electron chi connectivity index (χ0n) is 14.6. The second-order valence-corrected chi connectivity index (χ2v) is 8.70. The molecule has 1 heterocycles. The predicted molar refractivity (Wildman–Crippen MR) is 109 cm³/mol. The molecule has 150 valence electrons. The molecule has 8 nitrogen and oxygen atoms in total. The molecule has 0 amide bonds. The van der Waals surface area contributed by atoms with Gasteiger partial charge in [0.2, 0.25) is 0 Å². The van der Waals surface area contributed by atoms with Crippen molar-refractivity contribution in [3.8, 4) is 0 Å². The Morgan fingerprint density at radius 2 is 1.97 bits per heavy atom. The van der Waals surface area contributed by atoms with Crippen molar-refractivity contribution in [2.75, 3.05) is 4.72 Å². The van der Waals surface area contributed by atoms with Crippen LogP contribution >= 0.6 is 27.5 Å². The highest BCUT2D eigenvalue weighted by molar-refractivity contribution is 9.10. The summed E-state index contributed by atoms with van der Waals surface area (Å²) < 4.78 is 34.0. The summed E-state index contributed by atoms with van der Waals surface area (Å²) in [7, 11) is -3.97. The fourth-order valence-electron chi connectivity index (χ4n) is 2.26. The summed E-state index contributed by atoms with van der Waals surface area (Å²) in [5.74, 6) is -0.918. The maximum Gasteiger partial charge on any atom is 0.340 e. The highest BCUT2D eigenvalue weighted by atomic mass is 79.9. The summed E-state index contributed by atoms with van der Waals surface area (Å²) in [5, 5.41) is 11.6. The average Bonchev–Trinajstić information content (AvgIpc) is 2.69. The molecule has 0 aliphatic heterocycles. The number of benzene rings is 2. The van der Waals surface area contributed by atoms with E-state index in [1.54, 1.807) is 24.3 Å². The number of esters is 1. The molecular weight excluding hydrogens is 486 g/mol. The number of aromatic nitrogens is 2. The minimum Gasteiger partial charge on any atom is -0.711 e. The Morgan fingerprint density at radius 1 is 1.24 bits per heavy atom. The third-order valence-corrected chi connectivity index (χ3v) is 5.92. The second-order valence-electron chi connectivity index (χ2n) is 5.69. The van der Waals surface area contributed by atoms with Gasteiger partial charge in [0.05, 0.1) is 21.7 Å². The van der Waals surface area contributed by atoms with Crippen molar-refractivity contribution in [2.45, 2.75) is 11.5 Å². The van der Waals surface area contributed by atoms with Crippen molar-refractivity contribution in [3.05, 3.63) is 87.0 Å². The first kappa shape index (κ1) is 21.0. The Morgan fingerprint density at radius 3 is 2.66 bits per heavy atom. The topological polar surface area (TPSA) is 112 Å². The van der Waals surface area contributed by atoms with Crippen LogP contribution in [0.1, 0.15) is 16.2 Å². The number of carbonyl (C=O) groups excluding carboxylic acids is 1. The maximum absolute atomic E-state index is 12.6. The van der Waals surface area contributed by atoms with Crippen LogP contribution in [0.25, 0.3) is 0 Å². The van der Waals surface area contributed by atoms with Gasteiger partial charge >= 0.3 is 11.8 Å². The number of carbonyl (C=O) groups is 1. The molecule has 0 atom stereocenters. The standard InChI is InChI=1S/C18H13BrClN3O5S/c19-12-2-4-13(5-3-12)22-29(26,27)14-6-7-16(20)15(10-14)18(24)28-11-17-21-8-1-9-23(17)25/h1-10,22H,11H2. The molecule has 0 aliphatic carbocycles. The van der Waals surface area contributed by atoms with E-state index in [1.807, 2.05) is 0 Å². The van der Waals surface area contributed by atoms with E-state index in [2.05, 4.69) is 25.6 Å². The number of rotatable bonds is 6. The lowest BCUT2D eigenvalue weighted by molar-refractivity contribution is -0.620. The van der Waals surface area contributed by atoms with Crippen LogP contribution in [-0.4, -0.2) is 19.4 Å². The zero-order valence-corrected chi connectivity index (χ0v) is 17.7. The van der Waals surface area contributed by atoms with E-state index in [4.69, 9.17) is 16.3 Å². The lowest BCUT2D eigenvalue weighted by Crippen LogP contribution is -2.33. The first-order chi connectivity index (χ1) is 13.8. The summed E-state index contributed by atoms with van der Waals surface area (Å²) in [6.07, 6.45) is 2.59. The number of halogens is 2. The number of ether oxygens (including phenoxy) is 1. The quantitative estimate of drug-likeness (QED) is 0.317. The van der Waals surface area contributed by atoms with E-state index >= 15 is 0 Å². The molecule has 0 unspecified atom stereocenters. The number of sulfonamides is 1. The van der Waals surface area contributed by atoms with Crippen molar-refractivity contribution in [1.29, 1.82) is 0 Å². The molecule has 3 rings (SSSR count). The molecule has 3 aromatic rings. The van der Waals surface area contributed by atoms with Crippen LogP contribution in [0.2, 0.25) is 5.02 Å². The fourth-order valence-corrected chi connectivity index (χ4v) is 3.80. The van der Waals surface area contributed by atoms with Crippen LogP contribution in [0.15, 0.2) is 70.3 Å². The van der Waals surface area contributed by atoms with E-state index in [1.165, 1.54) is 30.6 Å². The minimum atomic E-state index is -3.97. The number of hydrogen-bond acceptors (Lipinski definition) is 6. The Balaban J connectivity index is 1.80. The molecule has 1 N–H and O–H groups in total. The lowest BCUT2D eigenvalue weighted by Gasteiger charge is -2.11. The van der Waals surface area contributed by atoms with Crippen molar-refractivity contribution in [2.24, 2.45) is 0 Å². The molecule has 11 heteroatoms. The van der Waals surface area contributed by atoms with Crippen molar-refractivity contribution >= 4 is 49.2 Å². The molecule has 0 bridgehead atoms. The third-order valence-electron chi connectivity index (χ3n) is 3.68. The first-order valence-corrected chi connectivity index (χ1v) is 10.7. The molecule has 0 aliphatic rings. The Kier molecular flexibility index (Phi) is 6.36. The fraction of sp³-hybridized carbons (Fsp3) is 0.0556. The van der Waals surface area contributed by atoms with Crippen LogP contribution < -0.4 is 9.45 Å². The van der Waals surface area contributed by atoms with Gasteiger partial charge in [-0.2, -0.15) is 0 Å². The first-order valence-electron chi connectivity index (χ1n) is 8.04. The van der Waals surface area contributed by atoms with Crippen LogP contribution in [0.4, 0.5) is 5.69 Å². The van der Waals surface area contributed by atoms with E-state index in [0.717, 1.165) is 10.5 Å². The molecule has 0 saturated heterocycles. The number of hydrogen-bond donors (Lipinski definition) is 1. The van der Waals surface area contributed by atoms with Crippen molar-refractivity contribution in [1.82, 2.24) is 4.98 Å². The van der Waals surface area contributed by atoms with Crippen molar-refractivity contribution < 1.29 is 22.7 Å². The van der Waals surface area contributed by atoms with Crippen molar-refractivity contribution in [3.63, 3.8) is 0 Å². The summed E-state index contributed by atoms with van der Waals surface area (Å²) in [5.41, 5.74) is 0.196.